The van der Waals surface area contributed by atoms with Crippen molar-refractivity contribution in [2.24, 2.45) is 0 Å². The van der Waals surface area contributed by atoms with Crippen LogP contribution in [0.1, 0.15) is 38.3 Å². The number of amides is 2. The number of sulfonamides is 1. The van der Waals surface area contributed by atoms with Gasteiger partial charge >= 0.3 is 0 Å². The van der Waals surface area contributed by atoms with E-state index in [-0.39, 0.29) is 39.1 Å². The Kier molecular flexibility index (Phi) is 11.1. The second kappa shape index (κ2) is 14.1. The van der Waals surface area contributed by atoms with Gasteiger partial charge in [0.15, 0.2) is 0 Å². The van der Waals surface area contributed by atoms with Crippen LogP contribution in [-0.4, -0.2) is 50.9 Å². The Morgan fingerprint density at radius 3 is 2.07 bits per heavy atom. The molecule has 0 saturated heterocycles. The van der Waals surface area contributed by atoms with Gasteiger partial charge in [-0.3, -0.25) is 13.9 Å². The summed E-state index contributed by atoms with van der Waals surface area (Å²) in [5, 5.41) is 3.33. The largest absolute Gasteiger partial charge is 0.497 e. The van der Waals surface area contributed by atoms with Crippen molar-refractivity contribution in [3.05, 3.63) is 87.9 Å². The Morgan fingerprint density at radius 2 is 1.54 bits per heavy atom. The highest BCUT2D eigenvalue weighted by atomic mass is 35.5. The van der Waals surface area contributed by atoms with Gasteiger partial charge in [0.2, 0.25) is 11.8 Å². The summed E-state index contributed by atoms with van der Waals surface area (Å²) >= 11 is 12.5. The molecule has 0 aliphatic heterocycles. The highest BCUT2D eigenvalue weighted by Crippen LogP contribution is 2.30. The van der Waals surface area contributed by atoms with E-state index in [2.05, 4.69) is 5.32 Å². The summed E-state index contributed by atoms with van der Waals surface area (Å²) in [5.74, 6) is -0.290. The molecule has 0 fully saturated rings. The van der Waals surface area contributed by atoms with Gasteiger partial charge in [-0.15, -0.1) is 0 Å². The van der Waals surface area contributed by atoms with Gasteiger partial charge in [0.25, 0.3) is 10.0 Å². The van der Waals surface area contributed by atoms with Crippen LogP contribution in [0.25, 0.3) is 0 Å². The molecular weight excluding hydrogens is 585 g/mol. The van der Waals surface area contributed by atoms with Gasteiger partial charge in [-0.2, -0.15) is 0 Å². The molecule has 0 unspecified atom stereocenters. The SMILES string of the molecule is CC[C@@H](C)NC(=O)[C@@H](C)N(Cc1ccc(OC)cc1)C(=O)CN(c1cc(Cl)cc(Cl)c1)S(=O)(=O)c1ccc(C)cc1. The summed E-state index contributed by atoms with van der Waals surface area (Å²) in [6.07, 6.45) is 0.711. The zero-order valence-electron chi connectivity index (χ0n) is 23.7. The maximum Gasteiger partial charge on any atom is 0.264 e. The number of nitrogens with one attached hydrogen (secondary N) is 1. The Labute approximate surface area is 252 Å². The van der Waals surface area contributed by atoms with E-state index in [1.165, 1.54) is 35.2 Å². The smallest absolute Gasteiger partial charge is 0.264 e. The molecule has 1 N–H and O–H groups in total. The van der Waals surface area contributed by atoms with Gasteiger partial charge in [-0.1, -0.05) is 60.0 Å². The first kappa shape index (κ1) is 32.2. The van der Waals surface area contributed by atoms with E-state index in [1.807, 2.05) is 20.8 Å². The summed E-state index contributed by atoms with van der Waals surface area (Å²) in [7, 11) is -2.68. The zero-order valence-corrected chi connectivity index (χ0v) is 26.1. The first-order valence-electron chi connectivity index (χ1n) is 13.1. The number of hydrogen-bond donors (Lipinski definition) is 1. The van der Waals surface area contributed by atoms with Crippen LogP contribution in [-0.2, 0) is 26.2 Å². The fraction of sp³-hybridized carbons (Fsp3) is 0.333. The van der Waals surface area contributed by atoms with E-state index < -0.39 is 28.5 Å². The number of rotatable bonds is 12. The van der Waals surface area contributed by atoms with Crippen LogP contribution in [0.15, 0.2) is 71.6 Å². The number of benzene rings is 3. The second-order valence-corrected chi connectivity index (χ2v) is 12.6. The average molecular weight is 621 g/mol. The minimum absolute atomic E-state index is 0.00346. The van der Waals surface area contributed by atoms with Crippen LogP contribution in [0.4, 0.5) is 5.69 Å². The number of halogens is 2. The number of methoxy groups -OCH3 is 1. The van der Waals surface area contributed by atoms with Gasteiger partial charge in [-0.05, 0) is 75.2 Å². The number of hydrogen-bond acceptors (Lipinski definition) is 5. The van der Waals surface area contributed by atoms with Crippen LogP contribution in [0.2, 0.25) is 10.0 Å². The molecule has 3 rings (SSSR count). The molecule has 0 aromatic heterocycles. The number of anilines is 1. The monoisotopic (exact) mass is 619 g/mol. The predicted octanol–water partition coefficient (Wildman–Crippen LogP) is 5.84. The molecule has 0 saturated carbocycles. The van der Waals surface area contributed by atoms with Gasteiger partial charge in [0.1, 0.15) is 18.3 Å². The molecule has 0 aliphatic rings. The molecule has 41 heavy (non-hydrogen) atoms. The molecule has 11 heteroatoms. The molecule has 0 heterocycles. The summed E-state index contributed by atoms with van der Waals surface area (Å²) in [6.45, 7) is 6.75. The molecule has 8 nitrogen and oxygen atoms in total. The number of ether oxygens (including phenoxy) is 1. The third-order valence-corrected chi connectivity index (χ3v) is 8.93. The zero-order chi connectivity index (χ0) is 30.3. The third-order valence-electron chi connectivity index (χ3n) is 6.70. The first-order chi connectivity index (χ1) is 19.3. The molecule has 0 spiro atoms. The van der Waals surface area contributed by atoms with Crippen molar-refractivity contribution in [1.82, 2.24) is 10.2 Å². The van der Waals surface area contributed by atoms with Crippen LogP contribution >= 0.6 is 23.2 Å². The first-order valence-corrected chi connectivity index (χ1v) is 15.3. The van der Waals surface area contributed by atoms with E-state index in [1.54, 1.807) is 50.4 Å². The van der Waals surface area contributed by atoms with Crippen molar-refractivity contribution < 1.29 is 22.7 Å². The number of aryl methyl sites for hydroxylation is 1. The molecular formula is C30H35Cl2N3O5S. The summed E-state index contributed by atoms with van der Waals surface area (Å²) in [5.41, 5.74) is 1.74. The molecule has 3 aromatic rings. The number of carbonyl (C=O) groups excluding carboxylic acids is 2. The molecule has 0 radical (unpaired) electrons. The molecule has 2 atom stereocenters. The van der Waals surface area contributed by atoms with E-state index in [4.69, 9.17) is 27.9 Å². The topological polar surface area (TPSA) is 96.0 Å². The summed E-state index contributed by atoms with van der Waals surface area (Å²) < 4.78 is 34.0. The van der Waals surface area contributed by atoms with E-state index >= 15 is 0 Å². The van der Waals surface area contributed by atoms with Gasteiger partial charge in [-0.25, -0.2) is 8.42 Å². The Balaban J connectivity index is 2.05. The maximum atomic E-state index is 14.0. The third kappa shape index (κ3) is 8.38. The van der Waals surface area contributed by atoms with Gasteiger partial charge in [0.05, 0.1) is 17.7 Å². The normalized spacial score (nSPS) is 12.8. The van der Waals surface area contributed by atoms with Crippen molar-refractivity contribution in [3.63, 3.8) is 0 Å². The van der Waals surface area contributed by atoms with Crippen molar-refractivity contribution >= 4 is 50.7 Å². The van der Waals surface area contributed by atoms with Gasteiger partial charge < -0.3 is 15.0 Å². The minimum Gasteiger partial charge on any atom is -0.497 e. The fourth-order valence-corrected chi connectivity index (χ4v) is 5.94. The van der Waals surface area contributed by atoms with E-state index in [0.717, 1.165) is 15.4 Å². The lowest BCUT2D eigenvalue weighted by atomic mass is 10.1. The average Bonchev–Trinajstić information content (AvgIpc) is 2.93. The summed E-state index contributed by atoms with van der Waals surface area (Å²) in [6, 6.07) is 16.7. The Morgan fingerprint density at radius 1 is 0.951 bits per heavy atom. The number of nitrogens with zero attached hydrogens (tertiary/aromatic N) is 2. The van der Waals surface area contributed by atoms with Gasteiger partial charge in [0, 0.05) is 22.6 Å². The number of carbonyl (C=O) groups is 2. The van der Waals surface area contributed by atoms with Crippen molar-refractivity contribution in [2.75, 3.05) is 18.0 Å². The quantitative estimate of drug-likeness (QED) is 0.275. The second-order valence-electron chi connectivity index (χ2n) is 9.82. The lowest BCUT2D eigenvalue weighted by molar-refractivity contribution is -0.139. The lowest BCUT2D eigenvalue weighted by Gasteiger charge is -2.32. The fourth-order valence-electron chi connectivity index (χ4n) is 4.03. The van der Waals surface area contributed by atoms with Crippen molar-refractivity contribution in [1.29, 1.82) is 0 Å². The van der Waals surface area contributed by atoms with Crippen molar-refractivity contribution in [3.8, 4) is 5.75 Å². The molecule has 0 bridgehead atoms. The highest BCUT2D eigenvalue weighted by molar-refractivity contribution is 7.92. The Hall–Kier alpha value is -3.27. The van der Waals surface area contributed by atoms with E-state index in [0.29, 0.717) is 12.2 Å². The standard InChI is InChI=1S/C30H35Cl2N3O5S/c1-6-21(3)33-30(37)22(4)34(18-23-9-11-27(40-5)12-10-23)29(36)19-35(26-16-24(31)15-25(32)17-26)41(38,39)28-13-7-20(2)8-14-28/h7-17,21-22H,6,18-19H2,1-5H3,(H,33,37)/t21-,22-/m1/s1. The molecule has 3 aromatic carbocycles. The van der Waals surface area contributed by atoms with E-state index in [9.17, 15) is 18.0 Å². The molecule has 2 amide bonds. The van der Waals surface area contributed by atoms with Crippen molar-refractivity contribution in [2.45, 2.75) is 57.6 Å². The van der Waals surface area contributed by atoms with Crippen LogP contribution in [0.3, 0.4) is 0 Å². The maximum absolute atomic E-state index is 14.0. The molecule has 220 valence electrons. The van der Waals surface area contributed by atoms with Crippen LogP contribution in [0.5, 0.6) is 5.75 Å². The summed E-state index contributed by atoms with van der Waals surface area (Å²) in [4.78, 5) is 28.5. The highest BCUT2D eigenvalue weighted by Gasteiger charge is 2.33. The van der Waals surface area contributed by atoms with Crippen LogP contribution < -0.4 is 14.4 Å². The predicted molar refractivity (Wildman–Crippen MR) is 163 cm³/mol. The molecule has 0 aliphatic carbocycles. The Bertz CT molecular complexity index is 1440. The lowest BCUT2D eigenvalue weighted by Crippen LogP contribution is -2.52. The minimum atomic E-state index is -4.23. The van der Waals surface area contributed by atoms with Crippen LogP contribution in [0, 0.1) is 6.92 Å².